The van der Waals surface area contributed by atoms with Crippen LogP contribution in [-0.4, -0.2) is 30.5 Å². The minimum Gasteiger partial charge on any atom is -0.478 e. The van der Waals surface area contributed by atoms with Crippen LogP contribution >= 0.6 is 79.4 Å². The van der Waals surface area contributed by atoms with Crippen LogP contribution in [-0.2, 0) is 9.23 Å². The zero-order valence-electron chi connectivity index (χ0n) is 11.9. The molecule has 2 aromatic rings. The Morgan fingerprint density at radius 1 is 0.885 bits per heavy atom. The molecular weight excluding hydrogens is 516 g/mol. The largest absolute Gasteiger partial charge is 0.478 e. The highest BCUT2D eigenvalue weighted by Crippen LogP contribution is 2.20. The summed E-state index contributed by atoms with van der Waals surface area (Å²) >= 11 is 27.1. The van der Waals surface area contributed by atoms with Crippen molar-refractivity contribution in [2.45, 2.75) is 0 Å². The van der Waals surface area contributed by atoms with Crippen LogP contribution in [0, 0.1) is 0 Å². The third-order valence-electron chi connectivity index (χ3n) is 2.07. The summed E-state index contributed by atoms with van der Waals surface area (Å²) in [6.07, 6.45) is 2.42. The van der Waals surface area contributed by atoms with Crippen molar-refractivity contribution in [1.82, 2.24) is 9.97 Å². The molecule has 26 heavy (non-hydrogen) atoms. The molecule has 0 aromatic carbocycles. The van der Waals surface area contributed by atoms with E-state index < -0.39 is 20.4 Å². The molecule has 0 aliphatic carbocycles. The second-order valence-electron chi connectivity index (χ2n) is 3.76. The summed E-state index contributed by atoms with van der Waals surface area (Å²) < 4.78 is 9.09. The van der Waals surface area contributed by atoms with Crippen LogP contribution in [0.25, 0.3) is 0 Å². The predicted octanol–water partition coefficient (Wildman–Crippen LogP) is 5.90. The van der Waals surface area contributed by atoms with Crippen molar-refractivity contribution < 1.29 is 18.9 Å². The smallest absolute Gasteiger partial charge is 0.337 e. The molecule has 2 heterocycles. The van der Waals surface area contributed by atoms with E-state index >= 15 is 0 Å². The van der Waals surface area contributed by atoms with Crippen molar-refractivity contribution in [3.8, 4) is 0 Å². The van der Waals surface area contributed by atoms with E-state index in [1.165, 1.54) is 18.3 Å². The van der Waals surface area contributed by atoms with Crippen molar-refractivity contribution in [3.63, 3.8) is 0 Å². The lowest BCUT2D eigenvalue weighted by molar-refractivity contribution is 0.0696. The Labute approximate surface area is 183 Å². The number of nitrogens with zero attached hydrogens (tertiary/aromatic N) is 2. The van der Waals surface area contributed by atoms with Crippen molar-refractivity contribution in [2.24, 2.45) is 0 Å². The molecule has 2 rings (SSSR count). The van der Waals surface area contributed by atoms with Gasteiger partial charge in [-0.05, 0) is 23.7 Å². The fourth-order valence-electron chi connectivity index (χ4n) is 1.07. The molecule has 0 saturated carbocycles. The highest BCUT2D eigenvalue weighted by atomic mass is 36.0. The summed E-state index contributed by atoms with van der Waals surface area (Å²) in [4.78, 5) is 28.0. The van der Waals surface area contributed by atoms with Crippen molar-refractivity contribution >= 4 is 99.8 Å². The van der Waals surface area contributed by atoms with Gasteiger partial charge in [-0.2, -0.15) is 0 Å². The molecule has 0 spiro atoms. The van der Waals surface area contributed by atoms with Gasteiger partial charge in [-0.25, -0.2) is 19.0 Å². The molecule has 0 atom stereocenters. The molecular formula is C12H5Cl7N2O4S. The molecule has 0 fully saturated rings. The molecule has 0 saturated heterocycles. The summed E-state index contributed by atoms with van der Waals surface area (Å²) in [6, 6.07) is 2.62. The lowest BCUT2D eigenvalue weighted by Gasteiger charge is -1.95. The molecule has 0 aliphatic heterocycles. The van der Waals surface area contributed by atoms with Crippen LogP contribution in [0.4, 0.5) is 0 Å². The first-order valence-electron chi connectivity index (χ1n) is 5.75. The number of carbonyl (C=O) groups excluding carboxylic acids is 1. The number of hydrogen-bond donors (Lipinski definition) is 1. The van der Waals surface area contributed by atoms with E-state index in [4.69, 9.17) is 67.3 Å². The quantitative estimate of drug-likeness (QED) is 0.391. The zero-order valence-corrected chi connectivity index (χ0v) is 18.0. The fourth-order valence-corrected chi connectivity index (χ4v) is 1.71. The average molecular weight is 521 g/mol. The number of pyridine rings is 2. The van der Waals surface area contributed by atoms with Crippen LogP contribution in [0.1, 0.15) is 20.7 Å². The van der Waals surface area contributed by atoms with Crippen molar-refractivity contribution in [1.29, 1.82) is 0 Å². The van der Waals surface area contributed by atoms with Gasteiger partial charge in [0, 0.05) is 33.8 Å². The van der Waals surface area contributed by atoms with Crippen LogP contribution in [0.2, 0.25) is 20.4 Å². The molecule has 0 aliphatic rings. The summed E-state index contributed by atoms with van der Waals surface area (Å²) in [5.74, 6) is -1.07. The maximum Gasteiger partial charge on any atom is 0.337 e. The number of halogens is 7. The first kappa shape index (κ1) is 25.6. The second-order valence-corrected chi connectivity index (χ2v) is 8.15. The zero-order chi connectivity index (χ0) is 20.4. The van der Waals surface area contributed by atoms with E-state index in [0.717, 1.165) is 6.20 Å². The Bertz CT molecular complexity index is 757. The van der Waals surface area contributed by atoms with E-state index in [1.807, 2.05) is 0 Å². The molecule has 0 unspecified atom stereocenters. The molecule has 6 nitrogen and oxygen atoms in total. The summed E-state index contributed by atoms with van der Waals surface area (Å²) in [7, 11) is 7.36. The molecule has 142 valence electrons. The number of aromatic nitrogens is 2. The van der Waals surface area contributed by atoms with Gasteiger partial charge >= 0.3 is 5.97 Å². The molecule has 0 bridgehead atoms. The Kier molecular flexibility index (Phi) is 12.7. The minimum atomic E-state index is -1.67. The molecule has 14 heteroatoms. The number of rotatable bonds is 2. The summed E-state index contributed by atoms with van der Waals surface area (Å²) in [6.45, 7) is 0. The third kappa shape index (κ3) is 10.7. The van der Waals surface area contributed by atoms with Gasteiger partial charge in [0.15, 0.2) is 0 Å². The maximum absolute atomic E-state index is 10.5. The van der Waals surface area contributed by atoms with Gasteiger partial charge in [0.25, 0.3) is 5.24 Å². The molecule has 0 radical (unpaired) electrons. The van der Waals surface area contributed by atoms with Gasteiger partial charge in [-0.15, -0.1) is 0 Å². The topological polar surface area (TPSA) is 97.2 Å². The normalized spacial score (nSPS) is 9.54. The minimum absolute atomic E-state index is 0.0272. The monoisotopic (exact) mass is 518 g/mol. The predicted molar refractivity (Wildman–Crippen MR) is 106 cm³/mol. The summed E-state index contributed by atoms with van der Waals surface area (Å²) in [5, 5.41) is 8.49. The maximum atomic E-state index is 10.5. The van der Waals surface area contributed by atoms with Crippen LogP contribution in [0.15, 0.2) is 24.5 Å². The number of aromatic carboxylic acids is 1. The lowest BCUT2D eigenvalue weighted by Crippen LogP contribution is -1.96. The van der Waals surface area contributed by atoms with E-state index in [0.29, 0.717) is 0 Å². The fraction of sp³-hybridized carbons (Fsp3) is 0. The van der Waals surface area contributed by atoms with Crippen LogP contribution in [0.5, 0.6) is 0 Å². The van der Waals surface area contributed by atoms with E-state index in [2.05, 4.69) is 31.3 Å². The summed E-state index contributed by atoms with van der Waals surface area (Å²) in [5.41, 5.74) is 0.264. The Hall–Kier alpha value is -0.380. The first-order chi connectivity index (χ1) is 12.0. The van der Waals surface area contributed by atoms with Gasteiger partial charge in [-0.1, -0.05) is 46.4 Å². The van der Waals surface area contributed by atoms with Crippen molar-refractivity contribution in [3.05, 3.63) is 56.0 Å². The van der Waals surface area contributed by atoms with Gasteiger partial charge in [0.2, 0.25) is 9.23 Å². The van der Waals surface area contributed by atoms with E-state index in [1.54, 1.807) is 0 Å². The number of carbonyl (C=O) groups is 2. The van der Waals surface area contributed by atoms with E-state index in [9.17, 15) is 9.59 Å². The third-order valence-corrected chi connectivity index (χ3v) is 3.66. The average Bonchev–Trinajstić information content (AvgIpc) is 2.52. The van der Waals surface area contributed by atoms with Gasteiger partial charge in [-0.3, -0.25) is 4.79 Å². The van der Waals surface area contributed by atoms with E-state index in [-0.39, 0.29) is 31.5 Å². The van der Waals surface area contributed by atoms with Gasteiger partial charge in [0.1, 0.15) is 10.3 Å². The number of hydrogen-bond acceptors (Lipinski definition) is 5. The number of carboxylic acid groups (broad SMARTS) is 1. The Balaban J connectivity index is 0.000000401. The molecule has 2 aromatic heterocycles. The Morgan fingerprint density at radius 3 is 1.54 bits per heavy atom. The highest BCUT2D eigenvalue weighted by molar-refractivity contribution is 8.26. The molecule has 1 N–H and O–H groups in total. The standard InChI is InChI=1S/C6H2Cl3NO.C6H3Cl2NO2.Cl2OS/c7-4-1-3(6(9)11)2-10-5(4)8;7-4-1-3(6(10)11)2-9-5(4)8;1-4(2)3/h1-2H;1-2H,(H,10,11);. The number of carboxylic acids is 1. The first-order valence-corrected chi connectivity index (χ1v) is 10.4. The second kappa shape index (κ2) is 12.9. The van der Waals surface area contributed by atoms with Crippen LogP contribution in [0.3, 0.4) is 0 Å². The van der Waals surface area contributed by atoms with Crippen molar-refractivity contribution in [2.75, 3.05) is 0 Å². The SMILES string of the molecule is O=C(Cl)c1cnc(Cl)c(Cl)c1.O=C(O)c1cnc(Cl)c(Cl)c1.O=S(Cl)Cl. The lowest BCUT2D eigenvalue weighted by atomic mass is 10.3. The highest BCUT2D eigenvalue weighted by Gasteiger charge is 2.06. The van der Waals surface area contributed by atoms with Gasteiger partial charge < -0.3 is 5.11 Å². The Morgan fingerprint density at radius 2 is 1.23 bits per heavy atom. The van der Waals surface area contributed by atoms with Crippen LogP contribution < -0.4 is 0 Å². The van der Waals surface area contributed by atoms with Gasteiger partial charge in [0.05, 0.1) is 21.2 Å². The molecule has 0 amide bonds.